The second-order valence-electron chi connectivity index (χ2n) is 6.40. The maximum atomic E-state index is 13.4. The number of benzene rings is 2. The summed E-state index contributed by atoms with van der Waals surface area (Å²) in [4.78, 5) is 12.2. The van der Waals surface area contributed by atoms with Crippen LogP contribution in [0.3, 0.4) is 0 Å². The van der Waals surface area contributed by atoms with Crippen molar-refractivity contribution in [3.05, 3.63) is 59.2 Å². The molecule has 0 aliphatic carbocycles. The summed E-state index contributed by atoms with van der Waals surface area (Å²) in [6.07, 6.45) is 1.29. The van der Waals surface area contributed by atoms with Crippen molar-refractivity contribution in [1.82, 2.24) is 0 Å². The molecule has 0 aliphatic heterocycles. The van der Waals surface area contributed by atoms with E-state index in [2.05, 4.69) is 5.32 Å². The number of rotatable bonds is 7. The average molecular weight is 396 g/mol. The van der Waals surface area contributed by atoms with Gasteiger partial charge in [0.25, 0.3) is 0 Å². The molecule has 2 aromatic carbocycles. The Labute approximate surface area is 158 Å². The lowest BCUT2D eigenvalue weighted by atomic mass is 10.1. The molecule has 8 heteroatoms. The highest BCUT2D eigenvalue weighted by molar-refractivity contribution is 7.92. The lowest BCUT2D eigenvalue weighted by Gasteiger charge is -2.22. The molecule has 2 aromatic rings. The van der Waals surface area contributed by atoms with Crippen LogP contribution < -0.4 is 9.62 Å². The standard InChI is InChI=1S/C19H22F2N2O3S/c1-13-6-7-14(2)18(11-13)22-19(24)5-4-10-23(27(3,25)26)15-8-9-16(20)17(21)12-15/h6-9,11-12H,4-5,10H2,1-3H3,(H,22,24). The Bertz CT molecular complexity index is 946. The molecule has 0 fully saturated rings. The molecule has 0 saturated carbocycles. The van der Waals surface area contributed by atoms with Crippen molar-refractivity contribution in [2.45, 2.75) is 26.7 Å². The highest BCUT2D eigenvalue weighted by Gasteiger charge is 2.19. The number of hydrogen-bond acceptors (Lipinski definition) is 3. The number of carbonyl (C=O) groups is 1. The predicted molar refractivity (Wildman–Crippen MR) is 102 cm³/mol. The second-order valence-corrected chi connectivity index (χ2v) is 8.31. The molecule has 146 valence electrons. The van der Waals surface area contributed by atoms with Crippen LogP contribution in [0.5, 0.6) is 0 Å². The van der Waals surface area contributed by atoms with E-state index in [9.17, 15) is 22.0 Å². The van der Waals surface area contributed by atoms with Gasteiger partial charge in [0.05, 0.1) is 11.9 Å². The molecule has 0 radical (unpaired) electrons. The van der Waals surface area contributed by atoms with Crippen LogP contribution in [0, 0.1) is 25.5 Å². The van der Waals surface area contributed by atoms with E-state index in [1.54, 1.807) is 0 Å². The molecule has 5 nitrogen and oxygen atoms in total. The topological polar surface area (TPSA) is 66.5 Å². The number of amides is 1. The van der Waals surface area contributed by atoms with Gasteiger partial charge in [-0.25, -0.2) is 17.2 Å². The number of halogens is 2. The van der Waals surface area contributed by atoms with Gasteiger partial charge in [-0.1, -0.05) is 12.1 Å². The third-order valence-corrected chi connectivity index (χ3v) is 5.22. The second kappa shape index (κ2) is 8.47. The zero-order valence-electron chi connectivity index (χ0n) is 15.4. The lowest BCUT2D eigenvalue weighted by Crippen LogP contribution is -2.31. The minimum atomic E-state index is -3.70. The van der Waals surface area contributed by atoms with Crippen LogP contribution in [-0.4, -0.2) is 27.1 Å². The van der Waals surface area contributed by atoms with Crippen LogP contribution in [0.15, 0.2) is 36.4 Å². The first-order chi connectivity index (χ1) is 12.6. The van der Waals surface area contributed by atoms with E-state index >= 15 is 0 Å². The first kappa shape index (κ1) is 20.8. The SMILES string of the molecule is Cc1ccc(C)c(NC(=O)CCCN(c2ccc(F)c(F)c2)S(C)(=O)=O)c1. The van der Waals surface area contributed by atoms with Crippen LogP contribution in [0.2, 0.25) is 0 Å². The zero-order valence-corrected chi connectivity index (χ0v) is 16.2. The Hall–Kier alpha value is -2.48. The summed E-state index contributed by atoms with van der Waals surface area (Å²) in [7, 11) is -3.70. The van der Waals surface area contributed by atoms with Gasteiger partial charge in [0.1, 0.15) is 0 Å². The van der Waals surface area contributed by atoms with Crippen molar-refractivity contribution < 1.29 is 22.0 Å². The van der Waals surface area contributed by atoms with Gasteiger partial charge in [-0.3, -0.25) is 9.10 Å². The molecular weight excluding hydrogens is 374 g/mol. The fraction of sp³-hybridized carbons (Fsp3) is 0.316. The van der Waals surface area contributed by atoms with Crippen molar-refractivity contribution in [1.29, 1.82) is 0 Å². The lowest BCUT2D eigenvalue weighted by molar-refractivity contribution is -0.116. The molecule has 2 rings (SSSR count). The molecule has 1 N–H and O–H groups in total. The molecule has 0 unspecified atom stereocenters. The summed E-state index contributed by atoms with van der Waals surface area (Å²) >= 11 is 0. The van der Waals surface area contributed by atoms with Crippen molar-refractivity contribution in [3.8, 4) is 0 Å². The molecule has 0 bridgehead atoms. The number of nitrogens with one attached hydrogen (secondary N) is 1. The van der Waals surface area contributed by atoms with Gasteiger partial charge in [0, 0.05) is 24.7 Å². The number of anilines is 2. The van der Waals surface area contributed by atoms with Gasteiger partial charge in [0.15, 0.2) is 11.6 Å². The molecule has 0 aromatic heterocycles. The van der Waals surface area contributed by atoms with E-state index in [0.29, 0.717) is 5.69 Å². The van der Waals surface area contributed by atoms with E-state index in [-0.39, 0.29) is 31.0 Å². The van der Waals surface area contributed by atoms with Gasteiger partial charge < -0.3 is 5.32 Å². The van der Waals surface area contributed by atoms with E-state index in [1.807, 2.05) is 32.0 Å². The summed E-state index contributed by atoms with van der Waals surface area (Å²) in [5, 5.41) is 2.80. The van der Waals surface area contributed by atoms with Gasteiger partial charge in [-0.05, 0) is 49.6 Å². The van der Waals surface area contributed by atoms with Crippen molar-refractivity contribution in [2.75, 3.05) is 22.4 Å². The maximum Gasteiger partial charge on any atom is 0.232 e. The third-order valence-electron chi connectivity index (χ3n) is 4.02. The quantitative estimate of drug-likeness (QED) is 0.775. The minimum Gasteiger partial charge on any atom is -0.326 e. The van der Waals surface area contributed by atoms with Gasteiger partial charge in [-0.2, -0.15) is 0 Å². The van der Waals surface area contributed by atoms with Crippen molar-refractivity contribution >= 4 is 27.3 Å². The van der Waals surface area contributed by atoms with E-state index in [1.165, 1.54) is 6.07 Å². The monoisotopic (exact) mass is 396 g/mol. The van der Waals surface area contributed by atoms with Gasteiger partial charge >= 0.3 is 0 Å². The summed E-state index contributed by atoms with van der Waals surface area (Å²) in [5.74, 6) is -2.43. The molecule has 27 heavy (non-hydrogen) atoms. The summed E-state index contributed by atoms with van der Waals surface area (Å²) in [6.45, 7) is 3.77. The van der Waals surface area contributed by atoms with Crippen molar-refractivity contribution in [3.63, 3.8) is 0 Å². The van der Waals surface area contributed by atoms with E-state index < -0.39 is 21.7 Å². The molecule has 0 atom stereocenters. The number of sulfonamides is 1. The van der Waals surface area contributed by atoms with Crippen LogP contribution in [0.25, 0.3) is 0 Å². The molecular formula is C19H22F2N2O3S. The first-order valence-electron chi connectivity index (χ1n) is 8.38. The average Bonchev–Trinajstić information content (AvgIpc) is 2.56. The van der Waals surface area contributed by atoms with Crippen molar-refractivity contribution in [2.24, 2.45) is 0 Å². The summed E-state index contributed by atoms with van der Waals surface area (Å²) in [6, 6.07) is 8.59. The summed E-state index contributed by atoms with van der Waals surface area (Å²) in [5.41, 5.74) is 2.66. The number of carbonyl (C=O) groups excluding carboxylic acids is 1. The Morgan fingerprint density at radius 3 is 2.41 bits per heavy atom. The highest BCUT2D eigenvalue weighted by Crippen LogP contribution is 2.21. The Morgan fingerprint density at radius 2 is 1.78 bits per heavy atom. The molecule has 0 heterocycles. The normalized spacial score (nSPS) is 11.3. The molecule has 0 saturated heterocycles. The third kappa shape index (κ3) is 5.75. The highest BCUT2D eigenvalue weighted by atomic mass is 32.2. The van der Waals surface area contributed by atoms with Gasteiger partial charge in [0.2, 0.25) is 15.9 Å². The number of hydrogen-bond donors (Lipinski definition) is 1. The molecule has 1 amide bonds. The van der Waals surface area contributed by atoms with E-state index in [4.69, 9.17) is 0 Å². The van der Waals surface area contributed by atoms with E-state index in [0.717, 1.165) is 33.8 Å². The van der Waals surface area contributed by atoms with Gasteiger partial charge in [-0.15, -0.1) is 0 Å². The van der Waals surface area contributed by atoms with Crippen LogP contribution in [0.1, 0.15) is 24.0 Å². The number of nitrogens with zero attached hydrogens (tertiary/aromatic N) is 1. The Morgan fingerprint density at radius 1 is 1.07 bits per heavy atom. The van der Waals surface area contributed by atoms with Crippen LogP contribution in [0.4, 0.5) is 20.2 Å². The fourth-order valence-corrected chi connectivity index (χ4v) is 3.55. The number of aryl methyl sites for hydroxylation is 2. The predicted octanol–water partition coefficient (Wildman–Crippen LogP) is 3.77. The fourth-order valence-electron chi connectivity index (χ4n) is 2.59. The minimum absolute atomic E-state index is 0.0198. The zero-order chi connectivity index (χ0) is 20.2. The first-order valence-corrected chi connectivity index (χ1v) is 10.2. The molecule has 0 spiro atoms. The Balaban J connectivity index is 2.02. The smallest absolute Gasteiger partial charge is 0.232 e. The summed E-state index contributed by atoms with van der Waals surface area (Å²) < 4.78 is 51.5. The molecule has 0 aliphatic rings. The van der Waals surface area contributed by atoms with Crippen LogP contribution >= 0.6 is 0 Å². The van der Waals surface area contributed by atoms with Crippen LogP contribution in [-0.2, 0) is 14.8 Å². The Kier molecular flexibility index (Phi) is 6.54. The largest absolute Gasteiger partial charge is 0.326 e. The maximum absolute atomic E-state index is 13.4.